The SMILES string of the molecule is CCN(C)C1CCOC(C)C1. The fraction of sp³-hybridized carbons (Fsp3) is 1.00. The Kier molecular flexibility index (Phi) is 3.34. The van der Waals surface area contributed by atoms with Crippen LogP contribution in [-0.2, 0) is 4.74 Å². The molecule has 0 spiro atoms. The quantitative estimate of drug-likeness (QED) is 0.602. The lowest BCUT2D eigenvalue weighted by atomic mass is 10.0. The van der Waals surface area contributed by atoms with E-state index < -0.39 is 0 Å². The molecule has 0 radical (unpaired) electrons. The number of rotatable bonds is 2. The standard InChI is InChI=1S/C9H19NO/c1-4-10(3)9-5-6-11-8(2)7-9/h8-9H,4-7H2,1-3H3. The minimum Gasteiger partial charge on any atom is -0.378 e. The smallest absolute Gasteiger partial charge is 0.0561 e. The summed E-state index contributed by atoms with van der Waals surface area (Å²) in [6.45, 7) is 6.46. The summed E-state index contributed by atoms with van der Waals surface area (Å²) in [5.41, 5.74) is 0. The second kappa shape index (κ2) is 4.07. The monoisotopic (exact) mass is 157 g/mol. The molecule has 1 heterocycles. The second-order valence-corrected chi connectivity index (χ2v) is 3.43. The summed E-state index contributed by atoms with van der Waals surface area (Å²) in [5.74, 6) is 0. The van der Waals surface area contributed by atoms with Crippen molar-refractivity contribution in [3.05, 3.63) is 0 Å². The first-order valence-corrected chi connectivity index (χ1v) is 4.56. The van der Waals surface area contributed by atoms with Crippen molar-refractivity contribution in [3.8, 4) is 0 Å². The van der Waals surface area contributed by atoms with Gasteiger partial charge in [-0.15, -0.1) is 0 Å². The average molecular weight is 157 g/mol. The van der Waals surface area contributed by atoms with Gasteiger partial charge in [0, 0.05) is 12.6 Å². The molecule has 0 bridgehead atoms. The van der Waals surface area contributed by atoms with E-state index in [0.29, 0.717) is 6.10 Å². The molecule has 1 fully saturated rings. The summed E-state index contributed by atoms with van der Waals surface area (Å²) < 4.78 is 5.48. The first kappa shape index (κ1) is 9.01. The summed E-state index contributed by atoms with van der Waals surface area (Å²) in [6, 6.07) is 0.753. The fourth-order valence-corrected chi connectivity index (χ4v) is 1.63. The zero-order chi connectivity index (χ0) is 8.27. The molecule has 0 aromatic rings. The Hall–Kier alpha value is -0.0800. The van der Waals surface area contributed by atoms with Crippen molar-refractivity contribution in [1.29, 1.82) is 0 Å². The number of hydrogen-bond acceptors (Lipinski definition) is 2. The van der Waals surface area contributed by atoms with Gasteiger partial charge in [0.2, 0.25) is 0 Å². The Morgan fingerprint density at radius 3 is 2.82 bits per heavy atom. The lowest BCUT2D eigenvalue weighted by Gasteiger charge is -2.33. The van der Waals surface area contributed by atoms with Crippen molar-refractivity contribution in [2.75, 3.05) is 20.2 Å². The molecular weight excluding hydrogens is 138 g/mol. The molecule has 11 heavy (non-hydrogen) atoms. The van der Waals surface area contributed by atoms with Gasteiger partial charge in [0.15, 0.2) is 0 Å². The summed E-state index contributed by atoms with van der Waals surface area (Å²) in [7, 11) is 2.20. The number of hydrogen-bond donors (Lipinski definition) is 0. The summed E-state index contributed by atoms with van der Waals surface area (Å²) >= 11 is 0. The predicted molar refractivity (Wildman–Crippen MR) is 46.7 cm³/mol. The maximum absolute atomic E-state index is 5.48. The molecular formula is C9H19NO. The molecule has 66 valence electrons. The zero-order valence-electron chi connectivity index (χ0n) is 7.84. The molecule has 2 heteroatoms. The first-order valence-electron chi connectivity index (χ1n) is 4.56. The van der Waals surface area contributed by atoms with Crippen molar-refractivity contribution in [1.82, 2.24) is 4.90 Å². The van der Waals surface area contributed by atoms with E-state index in [2.05, 4.69) is 25.8 Å². The molecule has 1 aliphatic rings. The first-order chi connectivity index (χ1) is 5.24. The average Bonchev–Trinajstić information content (AvgIpc) is 2.03. The Morgan fingerprint density at radius 1 is 1.55 bits per heavy atom. The summed E-state index contributed by atoms with van der Waals surface area (Å²) in [4.78, 5) is 2.42. The molecule has 1 aliphatic heterocycles. The van der Waals surface area contributed by atoms with E-state index in [1.807, 2.05) is 0 Å². The number of ether oxygens (including phenoxy) is 1. The van der Waals surface area contributed by atoms with Crippen LogP contribution in [0.25, 0.3) is 0 Å². The highest BCUT2D eigenvalue weighted by atomic mass is 16.5. The Balaban J connectivity index is 2.33. The molecule has 2 nitrogen and oxygen atoms in total. The van der Waals surface area contributed by atoms with E-state index in [4.69, 9.17) is 4.74 Å². The highest BCUT2D eigenvalue weighted by molar-refractivity contribution is 4.74. The maximum Gasteiger partial charge on any atom is 0.0561 e. The van der Waals surface area contributed by atoms with Crippen molar-refractivity contribution in [2.24, 2.45) is 0 Å². The van der Waals surface area contributed by atoms with Gasteiger partial charge in [-0.3, -0.25) is 0 Å². The molecule has 0 aromatic heterocycles. The van der Waals surface area contributed by atoms with Gasteiger partial charge in [0.05, 0.1) is 6.10 Å². The van der Waals surface area contributed by atoms with Crippen LogP contribution in [-0.4, -0.2) is 37.2 Å². The van der Waals surface area contributed by atoms with E-state index in [1.54, 1.807) is 0 Å². The third kappa shape index (κ3) is 2.46. The third-order valence-electron chi connectivity index (χ3n) is 2.58. The van der Waals surface area contributed by atoms with Crippen molar-refractivity contribution in [2.45, 2.75) is 38.8 Å². The van der Waals surface area contributed by atoms with Crippen molar-refractivity contribution in [3.63, 3.8) is 0 Å². The normalized spacial score (nSPS) is 32.7. The predicted octanol–water partition coefficient (Wildman–Crippen LogP) is 1.51. The van der Waals surface area contributed by atoms with Gasteiger partial charge < -0.3 is 9.64 Å². The second-order valence-electron chi connectivity index (χ2n) is 3.43. The van der Waals surface area contributed by atoms with Crippen LogP contribution in [0, 0.1) is 0 Å². The minimum absolute atomic E-state index is 0.461. The van der Waals surface area contributed by atoms with E-state index in [1.165, 1.54) is 12.8 Å². The highest BCUT2D eigenvalue weighted by Gasteiger charge is 2.21. The summed E-state index contributed by atoms with van der Waals surface area (Å²) in [6.07, 6.45) is 2.86. The van der Waals surface area contributed by atoms with Crippen LogP contribution >= 0.6 is 0 Å². The van der Waals surface area contributed by atoms with Crippen LogP contribution in [0.3, 0.4) is 0 Å². The van der Waals surface area contributed by atoms with E-state index in [-0.39, 0.29) is 0 Å². The summed E-state index contributed by atoms with van der Waals surface area (Å²) in [5, 5.41) is 0. The van der Waals surface area contributed by atoms with Gasteiger partial charge in [-0.1, -0.05) is 6.92 Å². The van der Waals surface area contributed by atoms with Gasteiger partial charge in [0.25, 0.3) is 0 Å². The molecule has 0 N–H and O–H groups in total. The van der Waals surface area contributed by atoms with Crippen LogP contribution in [0.1, 0.15) is 26.7 Å². The minimum atomic E-state index is 0.461. The molecule has 2 unspecified atom stereocenters. The van der Waals surface area contributed by atoms with E-state index in [9.17, 15) is 0 Å². The molecule has 0 aromatic carbocycles. The van der Waals surface area contributed by atoms with Gasteiger partial charge in [0.1, 0.15) is 0 Å². The van der Waals surface area contributed by atoms with Gasteiger partial charge in [-0.2, -0.15) is 0 Å². The number of nitrogens with zero attached hydrogens (tertiary/aromatic N) is 1. The Bertz CT molecular complexity index is 116. The van der Waals surface area contributed by atoms with Gasteiger partial charge >= 0.3 is 0 Å². The molecule has 0 saturated carbocycles. The molecule has 2 atom stereocenters. The molecule has 1 saturated heterocycles. The van der Waals surface area contributed by atoms with E-state index in [0.717, 1.165) is 19.2 Å². The fourth-order valence-electron chi connectivity index (χ4n) is 1.63. The van der Waals surface area contributed by atoms with Crippen LogP contribution in [0.4, 0.5) is 0 Å². The largest absolute Gasteiger partial charge is 0.378 e. The van der Waals surface area contributed by atoms with Gasteiger partial charge in [-0.05, 0) is 33.4 Å². The van der Waals surface area contributed by atoms with Crippen molar-refractivity contribution < 1.29 is 4.74 Å². The Labute approximate surface area is 69.5 Å². The zero-order valence-corrected chi connectivity index (χ0v) is 7.84. The molecule has 0 aliphatic carbocycles. The molecule has 0 amide bonds. The van der Waals surface area contributed by atoms with Crippen LogP contribution in [0.2, 0.25) is 0 Å². The highest BCUT2D eigenvalue weighted by Crippen LogP contribution is 2.17. The van der Waals surface area contributed by atoms with Crippen LogP contribution in [0.5, 0.6) is 0 Å². The maximum atomic E-state index is 5.48. The van der Waals surface area contributed by atoms with Crippen LogP contribution in [0.15, 0.2) is 0 Å². The molecule has 1 rings (SSSR count). The topological polar surface area (TPSA) is 12.5 Å². The lowest BCUT2D eigenvalue weighted by Crippen LogP contribution is -2.39. The van der Waals surface area contributed by atoms with Gasteiger partial charge in [-0.25, -0.2) is 0 Å². The van der Waals surface area contributed by atoms with Crippen molar-refractivity contribution >= 4 is 0 Å². The van der Waals surface area contributed by atoms with E-state index >= 15 is 0 Å². The van der Waals surface area contributed by atoms with Crippen LogP contribution < -0.4 is 0 Å². The lowest BCUT2D eigenvalue weighted by molar-refractivity contribution is -0.0106. The third-order valence-corrected chi connectivity index (χ3v) is 2.58. The Morgan fingerprint density at radius 2 is 2.27 bits per heavy atom.